The average Bonchev–Trinajstić information content (AvgIpc) is 2.44. The molecule has 0 amide bonds. The molecule has 0 aliphatic carbocycles. The van der Waals surface area contributed by atoms with E-state index in [1.54, 1.807) is 6.20 Å². The van der Waals surface area contributed by atoms with E-state index in [4.69, 9.17) is 10.5 Å². The van der Waals surface area contributed by atoms with Gasteiger partial charge in [0.1, 0.15) is 11.3 Å². The molecule has 0 bridgehead atoms. The van der Waals surface area contributed by atoms with Gasteiger partial charge in [-0.2, -0.15) is 0 Å². The molecule has 0 aliphatic heterocycles. The smallest absolute Gasteiger partial charge is 0.153 e. The molecule has 100 valence electrons. The molecule has 1 aromatic heterocycles. The van der Waals surface area contributed by atoms with Crippen molar-refractivity contribution in [3.63, 3.8) is 0 Å². The monoisotopic (exact) mass is 392 g/mol. The van der Waals surface area contributed by atoms with Crippen molar-refractivity contribution in [2.24, 2.45) is 0 Å². The van der Waals surface area contributed by atoms with E-state index in [0.29, 0.717) is 11.4 Å². The number of hydrogen-bond acceptors (Lipinski definition) is 3. The van der Waals surface area contributed by atoms with Crippen molar-refractivity contribution in [3.8, 4) is 11.5 Å². The lowest BCUT2D eigenvalue weighted by atomic mass is 10.1. The lowest BCUT2D eigenvalue weighted by Gasteiger charge is -2.11. The summed E-state index contributed by atoms with van der Waals surface area (Å²) in [5.41, 5.74) is 7.41. The van der Waals surface area contributed by atoms with Crippen LogP contribution in [0.3, 0.4) is 0 Å². The molecule has 3 rings (SSSR count). The summed E-state index contributed by atoms with van der Waals surface area (Å²) in [5.74, 6) is 1.41. The van der Waals surface area contributed by atoms with Gasteiger partial charge in [0.05, 0.1) is 4.47 Å². The fourth-order valence-corrected chi connectivity index (χ4v) is 2.62. The zero-order valence-corrected chi connectivity index (χ0v) is 13.5. The molecular weight excluding hydrogens is 384 g/mol. The van der Waals surface area contributed by atoms with Gasteiger partial charge in [-0.1, -0.05) is 12.1 Å². The number of halogens is 2. The van der Waals surface area contributed by atoms with Crippen LogP contribution in [-0.4, -0.2) is 4.98 Å². The molecule has 0 saturated carbocycles. The quantitative estimate of drug-likeness (QED) is 0.613. The summed E-state index contributed by atoms with van der Waals surface area (Å²) in [6, 6.07) is 13.3. The number of fused-ring (bicyclic) bond motifs is 1. The number of aromatic nitrogens is 1. The maximum absolute atomic E-state index is 5.99. The second kappa shape index (κ2) is 5.42. The third-order valence-corrected chi connectivity index (χ3v) is 3.96. The third kappa shape index (κ3) is 2.51. The lowest BCUT2D eigenvalue weighted by Crippen LogP contribution is -1.93. The summed E-state index contributed by atoms with van der Waals surface area (Å²) in [4.78, 5) is 4.40. The van der Waals surface area contributed by atoms with Crippen molar-refractivity contribution >= 4 is 48.5 Å². The Balaban J connectivity index is 2.13. The fourth-order valence-electron chi connectivity index (χ4n) is 1.92. The van der Waals surface area contributed by atoms with Gasteiger partial charge >= 0.3 is 0 Å². The molecule has 1 heterocycles. The Hall–Kier alpha value is -1.59. The molecule has 2 aromatic carbocycles. The van der Waals surface area contributed by atoms with Gasteiger partial charge in [0, 0.05) is 21.7 Å². The van der Waals surface area contributed by atoms with E-state index in [1.165, 1.54) is 0 Å². The van der Waals surface area contributed by atoms with Crippen LogP contribution in [0.5, 0.6) is 11.5 Å². The van der Waals surface area contributed by atoms with Crippen LogP contribution in [0.25, 0.3) is 10.9 Å². The zero-order chi connectivity index (χ0) is 14.1. The summed E-state index contributed by atoms with van der Waals surface area (Å²) in [6.07, 6.45) is 1.73. The van der Waals surface area contributed by atoms with Crippen molar-refractivity contribution in [2.45, 2.75) is 0 Å². The number of benzene rings is 2. The summed E-state index contributed by atoms with van der Waals surface area (Å²) >= 11 is 6.87. The highest BCUT2D eigenvalue weighted by Gasteiger charge is 2.09. The Kier molecular flexibility index (Phi) is 3.63. The molecule has 5 heteroatoms. The van der Waals surface area contributed by atoms with Crippen LogP contribution in [0.15, 0.2) is 57.6 Å². The molecule has 20 heavy (non-hydrogen) atoms. The van der Waals surface area contributed by atoms with Gasteiger partial charge in [0.2, 0.25) is 0 Å². The minimum atomic E-state index is 0.674. The van der Waals surface area contributed by atoms with Crippen molar-refractivity contribution in [2.75, 3.05) is 5.73 Å². The Labute approximate surface area is 133 Å². The first-order valence-electron chi connectivity index (χ1n) is 5.91. The third-order valence-electron chi connectivity index (χ3n) is 2.87. The summed E-state index contributed by atoms with van der Waals surface area (Å²) in [7, 11) is 0. The van der Waals surface area contributed by atoms with E-state index in [1.807, 2.05) is 42.5 Å². The molecule has 0 atom stereocenters. The number of nitrogens with two attached hydrogens (primary N) is 1. The Morgan fingerprint density at radius 2 is 1.80 bits per heavy atom. The molecular formula is C15H10Br2N2O. The van der Waals surface area contributed by atoms with Crippen molar-refractivity contribution < 1.29 is 4.74 Å². The van der Waals surface area contributed by atoms with Gasteiger partial charge in [0.25, 0.3) is 0 Å². The number of anilines is 1. The van der Waals surface area contributed by atoms with Crippen molar-refractivity contribution in [1.29, 1.82) is 0 Å². The van der Waals surface area contributed by atoms with Crippen LogP contribution in [-0.2, 0) is 0 Å². The minimum absolute atomic E-state index is 0.674. The number of pyridine rings is 1. The first kappa shape index (κ1) is 13.4. The van der Waals surface area contributed by atoms with E-state index in [2.05, 4.69) is 36.8 Å². The van der Waals surface area contributed by atoms with E-state index in [-0.39, 0.29) is 0 Å². The Morgan fingerprint density at radius 1 is 1.00 bits per heavy atom. The van der Waals surface area contributed by atoms with Gasteiger partial charge in [-0.05, 0) is 62.2 Å². The van der Waals surface area contributed by atoms with E-state index < -0.39 is 0 Å². The Morgan fingerprint density at radius 3 is 2.60 bits per heavy atom. The van der Waals surface area contributed by atoms with Gasteiger partial charge < -0.3 is 10.5 Å². The Bertz CT molecular complexity index is 790. The van der Waals surface area contributed by atoms with Gasteiger partial charge in [-0.3, -0.25) is 4.98 Å². The van der Waals surface area contributed by atoms with Crippen molar-refractivity contribution in [1.82, 2.24) is 4.98 Å². The largest absolute Gasteiger partial charge is 0.454 e. The fraction of sp³-hybridized carbons (Fsp3) is 0. The predicted octanol–water partition coefficient (Wildman–Crippen LogP) is 5.13. The van der Waals surface area contributed by atoms with E-state index in [9.17, 15) is 0 Å². The van der Waals surface area contributed by atoms with Gasteiger partial charge in [0.15, 0.2) is 5.75 Å². The SMILES string of the molecule is Nc1ccc(Oc2ccccc2Br)c2ncc(Br)cc12. The highest BCUT2D eigenvalue weighted by Crippen LogP contribution is 2.35. The minimum Gasteiger partial charge on any atom is -0.454 e. The molecule has 0 spiro atoms. The van der Waals surface area contributed by atoms with Crippen LogP contribution in [0, 0.1) is 0 Å². The molecule has 0 saturated heterocycles. The standard InChI is InChI=1S/C15H10Br2N2O/c16-9-7-10-12(18)5-6-14(15(10)19-8-9)20-13-4-2-1-3-11(13)17/h1-8H,18H2. The van der Waals surface area contributed by atoms with Crippen LogP contribution < -0.4 is 10.5 Å². The summed E-state index contributed by atoms with van der Waals surface area (Å²) < 4.78 is 7.71. The molecule has 3 nitrogen and oxygen atoms in total. The maximum atomic E-state index is 5.99. The van der Waals surface area contributed by atoms with Gasteiger partial charge in [-0.15, -0.1) is 0 Å². The van der Waals surface area contributed by atoms with Crippen LogP contribution in [0.1, 0.15) is 0 Å². The number of para-hydroxylation sites is 1. The van der Waals surface area contributed by atoms with Gasteiger partial charge in [-0.25, -0.2) is 0 Å². The molecule has 0 radical (unpaired) electrons. The first-order valence-corrected chi connectivity index (χ1v) is 7.50. The molecule has 2 N–H and O–H groups in total. The van der Waals surface area contributed by atoms with E-state index >= 15 is 0 Å². The number of rotatable bonds is 2. The van der Waals surface area contributed by atoms with Crippen molar-refractivity contribution in [3.05, 3.63) is 57.6 Å². The predicted molar refractivity (Wildman–Crippen MR) is 88.1 cm³/mol. The average molecular weight is 394 g/mol. The highest BCUT2D eigenvalue weighted by molar-refractivity contribution is 9.10. The molecule has 0 unspecified atom stereocenters. The second-order valence-electron chi connectivity index (χ2n) is 4.24. The number of nitrogens with zero attached hydrogens (tertiary/aromatic N) is 1. The second-order valence-corrected chi connectivity index (χ2v) is 6.01. The first-order chi connectivity index (χ1) is 9.65. The highest BCUT2D eigenvalue weighted by atomic mass is 79.9. The molecule has 0 fully saturated rings. The normalized spacial score (nSPS) is 10.7. The molecule has 3 aromatic rings. The van der Waals surface area contributed by atoms with Crippen LogP contribution >= 0.6 is 31.9 Å². The topological polar surface area (TPSA) is 48.1 Å². The number of nitrogen functional groups attached to an aromatic ring is 1. The number of hydrogen-bond donors (Lipinski definition) is 1. The number of ether oxygens (including phenoxy) is 1. The molecule has 0 aliphatic rings. The summed E-state index contributed by atoms with van der Waals surface area (Å²) in [5, 5.41) is 0.865. The zero-order valence-electron chi connectivity index (χ0n) is 10.3. The maximum Gasteiger partial charge on any atom is 0.153 e. The van der Waals surface area contributed by atoms with Crippen LogP contribution in [0.4, 0.5) is 5.69 Å². The van der Waals surface area contributed by atoms with Crippen LogP contribution in [0.2, 0.25) is 0 Å². The summed E-state index contributed by atoms with van der Waals surface area (Å²) in [6.45, 7) is 0. The lowest BCUT2D eigenvalue weighted by molar-refractivity contribution is 0.484. The van der Waals surface area contributed by atoms with E-state index in [0.717, 1.165) is 25.6 Å².